The predicted molar refractivity (Wildman–Crippen MR) is 128 cm³/mol. The summed E-state index contributed by atoms with van der Waals surface area (Å²) < 4.78 is 11.2. The number of aryl methyl sites for hydroxylation is 3. The van der Waals surface area contributed by atoms with Crippen LogP contribution in [0.5, 0.6) is 5.75 Å². The molecule has 3 N–H and O–H groups in total. The van der Waals surface area contributed by atoms with E-state index in [1.807, 2.05) is 18.2 Å². The summed E-state index contributed by atoms with van der Waals surface area (Å²) in [4.78, 5) is 15.7. The number of aliphatic imine (C=N–C) groups is 1. The molecular formula is C21H30IN5O3. The van der Waals surface area contributed by atoms with Crippen LogP contribution in [0.15, 0.2) is 27.7 Å². The Morgan fingerprint density at radius 1 is 1.27 bits per heavy atom. The zero-order valence-electron chi connectivity index (χ0n) is 17.7. The number of hydrogen-bond donors (Lipinski definition) is 3. The number of rotatable bonds is 8. The van der Waals surface area contributed by atoms with Crippen LogP contribution in [0.25, 0.3) is 0 Å². The van der Waals surface area contributed by atoms with Gasteiger partial charge in [-0.25, -0.2) is 0 Å². The first kappa shape index (κ1) is 24.0. The Hall–Kier alpha value is -2.30. The van der Waals surface area contributed by atoms with Gasteiger partial charge in [-0.1, -0.05) is 19.0 Å². The van der Waals surface area contributed by atoms with Crippen LogP contribution in [0.4, 0.5) is 5.69 Å². The third kappa shape index (κ3) is 6.10. The van der Waals surface area contributed by atoms with E-state index in [1.165, 1.54) is 0 Å². The second-order valence-corrected chi connectivity index (χ2v) is 6.81. The van der Waals surface area contributed by atoms with Crippen molar-refractivity contribution in [1.29, 1.82) is 0 Å². The number of guanidine groups is 1. The molecule has 0 saturated carbocycles. The molecule has 0 fully saturated rings. The van der Waals surface area contributed by atoms with Crippen molar-refractivity contribution in [3.63, 3.8) is 0 Å². The van der Waals surface area contributed by atoms with Crippen LogP contribution in [-0.4, -0.2) is 37.2 Å². The fraction of sp³-hybridized carbons (Fsp3) is 0.476. The topological polar surface area (TPSA) is 101 Å². The maximum absolute atomic E-state index is 11.4. The second kappa shape index (κ2) is 11.8. The predicted octanol–water partition coefficient (Wildman–Crippen LogP) is 3.05. The standard InChI is InChI=1S/C21H29N5O3.HI/c1-4-17-16(19(5-2)29-26-17)13-24-21(22-3)23-10-11-28-15-7-8-18-14(12-15)6-9-20(27)25-18;/h7-8,12H,4-6,9-11,13H2,1-3H3,(H,25,27)(H2,22,23,24);1H. The van der Waals surface area contributed by atoms with E-state index in [2.05, 4.69) is 39.9 Å². The summed E-state index contributed by atoms with van der Waals surface area (Å²) >= 11 is 0. The lowest BCUT2D eigenvalue weighted by atomic mass is 10.0. The Morgan fingerprint density at radius 2 is 2.10 bits per heavy atom. The second-order valence-electron chi connectivity index (χ2n) is 6.81. The summed E-state index contributed by atoms with van der Waals surface area (Å²) in [6.07, 6.45) is 2.92. The third-order valence-electron chi connectivity index (χ3n) is 4.90. The quantitative estimate of drug-likeness (QED) is 0.211. The van der Waals surface area contributed by atoms with Crippen LogP contribution in [0.3, 0.4) is 0 Å². The molecule has 164 valence electrons. The van der Waals surface area contributed by atoms with E-state index in [0.717, 1.165) is 53.3 Å². The molecule has 1 aromatic carbocycles. The minimum atomic E-state index is 0. The van der Waals surface area contributed by atoms with Gasteiger partial charge in [0.2, 0.25) is 5.91 Å². The highest BCUT2D eigenvalue weighted by molar-refractivity contribution is 14.0. The summed E-state index contributed by atoms with van der Waals surface area (Å²) in [7, 11) is 1.74. The van der Waals surface area contributed by atoms with Crippen molar-refractivity contribution in [2.24, 2.45) is 4.99 Å². The first-order chi connectivity index (χ1) is 14.1. The summed E-state index contributed by atoms with van der Waals surface area (Å²) in [5.41, 5.74) is 4.08. The van der Waals surface area contributed by atoms with Gasteiger partial charge in [-0.15, -0.1) is 24.0 Å². The van der Waals surface area contributed by atoms with Crippen LogP contribution in [-0.2, 0) is 30.6 Å². The lowest BCUT2D eigenvalue weighted by molar-refractivity contribution is -0.116. The van der Waals surface area contributed by atoms with E-state index in [-0.39, 0.29) is 29.9 Å². The van der Waals surface area contributed by atoms with Crippen LogP contribution < -0.4 is 20.7 Å². The zero-order chi connectivity index (χ0) is 20.6. The van der Waals surface area contributed by atoms with Gasteiger partial charge in [0.15, 0.2) is 5.96 Å². The number of ether oxygens (including phenoxy) is 1. The molecule has 0 atom stereocenters. The van der Waals surface area contributed by atoms with E-state index >= 15 is 0 Å². The Kier molecular flexibility index (Phi) is 9.41. The van der Waals surface area contributed by atoms with Gasteiger partial charge in [0.05, 0.1) is 12.2 Å². The molecule has 9 heteroatoms. The van der Waals surface area contributed by atoms with Gasteiger partial charge in [0.1, 0.15) is 18.1 Å². The highest BCUT2D eigenvalue weighted by atomic mass is 127. The van der Waals surface area contributed by atoms with E-state index in [4.69, 9.17) is 9.26 Å². The molecule has 0 spiro atoms. The Morgan fingerprint density at radius 3 is 2.83 bits per heavy atom. The van der Waals surface area contributed by atoms with Gasteiger partial charge in [0.25, 0.3) is 0 Å². The van der Waals surface area contributed by atoms with Crippen molar-refractivity contribution in [3.05, 3.63) is 40.8 Å². The molecule has 1 amide bonds. The molecule has 3 rings (SSSR count). The van der Waals surface area contributed by atoms with Crippen molar-refractivity contribution >= 4 is 41.5 Å². The van der Waals surface area contributed by atoms with Crippen molar-refractivity contribution < 1.29 is 14.1 Å². The summed E-state index contributed by atoms with van der Waals surface area (Å²) in [5.74, 6) is 2.48. The monoisotopic (exact) mass is 527 g/mol. The highest BCUT2D eigenvalue weighted by Gasteiger charge is 2.15. The number of halogens is 1. The van der Waals surface area contributed by atoms with E-state index in [0.29, 0.717) is 32.1 Å². The number of aromatic nitrogens is 1. The molecule has 1 aliphatic heterocycles. The summed E-state index contributed by atoms with van der Waals surface area (Å²) in [6, 6.07) is 5.76. The van der Waals surface area contributed by atoms with Gasteiger partial charge >= 0.3 is 0 Å². The molecule has 0 radical (unpaired) electrons. The number of fused-ring (bicyclic) bond motifs is 1. The molecular weight excluding hydrogens is 497 g/mol. The van der Waals surface area contributed by atoms with Crippen molar-refractivity contribution in [3.8, 4) is 5.75 Å². The van der Waals surface area contributed by atoms with Crippen molar-refractivity contribution in [2.75, 3.05) is 25.5 Å². The number of nitrogens with zero attached hydrogens (tertiary/aromatic N) is 2. The molecule has 30 heavy (non-hydrogen) atoms. The average Bonchev–Trinajstić information content (AvgIpc) is 3.15. The molecule has 0 unspecified atom stereocenters. The minimum Gasteiger partial charge on any atom is -0.492 e. The number of anilines is 1. The molecule has 8 nitrogen and oxygen atoms in total. The highest BCUT2D eigenvalue weighted by Crippen LogP contribution is 2.26. The maximum Gasteiger partial charge on any atom is 0.224 e. The zero-order valence-corrected chi connectivity index (χ0v) is 20.0. The minimum absolute atomic E-state index is 0. The number of hydrogen-bond acceptors (Lipinski definition) is 5. The van der Waals surface area contributed by atoms with Crippen LogP contribution in [0.1, 0.15) is 42.8 Å². The van der Waals surface area contributed by atoms with E-state index in [9.17, 15) is 4.79 Å². The van der Waals surface area contributed by atoms with Crippen molar-refractivity contribution in [2.45, 2.75) is 46.1 Å². The largest absolute Gasteiger partial charge is 0.492 e. The number of nitrogens with one attached hydrogen (secondary N) is 3. The first-order valence-corrected chi connectivity index (χ1v) is 10.1. The number of carbonyl (C=O) groups is 1. The summed E-state index contributed by atoms with van der Waals surface area (Å²) in [5, 5.41) is 13.6. The number of carbonyl (C=O) groups excluding carboxylic acids is 1. The third-order valence-corrected chi connectivity index (χ3v) is 4.90. The Balaban J connectivity index is 0.00000320. The fourth-order valence-corrected chi connectivity index (χ4v) is 3.32. The van der Waals surface area contributed by atoms with Gasteiger partial charge in [-0.05, 0) is 36.6 Å². The van der Waals surface area contributed by atoms with Crippen LogP contribution in [0.2, 0.25) is 0 Å². The molecule has 0 aliphatic carbocycles. The maximum atomic E-state index is 11.4. The molecule has 2 aromatic rings. The number of benzene rings is 1. The van der Waals surface area contributed by atoms with Crippen molar-refractivity contribution in [1.82, 2.24) is 15.8 Å². The number of amides is 1. The van der Waals surface area contributed by atoms with E-state index in [1.54, 1.807) is 7.05 Å². The van der Waals surface area contributed by atoms with Gasteiger partial charge in [-0.3, -0.25) is 9.79 Å². The molecule has 2 heterocycles. The molecule has 1 aliphatic rings. The lowest BCUT2D eigenvalue weighted by Gasteiger charge is -2.18. The van der Waals surface area contributed by atoms with Crippen LogP contribution >= 0.6 is 24.0 Å². The SMILES string of the molecule is CCc1noc(CC)c1CNC(=NC)NCCOc1ccc2c(c1)CCC(=O)N2.I. The molecule has 0 saturated heterocycles. The first-order valence-electron chi connectivity index (χ1n) is 10.1. The van der Waals surface area contributed by atoms with Gasteiger partial charge < -0.3 is 25.2 Å². The summed E-state index contributed by atoms with van der Waals surface area (Å²) in [6.45, 7) is 5.85. The Bertz CT molecular complexity index is 860. The Labute approximate surface area is 194 Å². The van der Waals surface area contributed by atoms with Gasteiger partial charge in [0, 0.05) is 37.7 Å². The van der Waals surface area contributed by atoms with Crippen LogP contribution in [0, 0.1) is 0 Å². The van der Waals surface area contributed by atoms with E-state index < -0.39 is 0 Å². The fourth-order valence-electron chi connectivity index (χ4n) is 3.32. The lowest BCUT2D eigenvalue weighted by Crippen LogP contribution is -2.39. The molecule has 0 bridgehead atoms. The van der Waals surface area contributed by atoms with Gasteiger partial charge in [-0.2, -0.15) is 0 Å². The molecule has 1 aromatic heterocycles. The normalized spacial score (nSPS) is 13.2. The average molecular weight is 527 g/mol. The smallest absolute Gasteiger partial charge is 0.224 e.